The Morgan fingerprint density at radius 1 is 1.00 bits per heavy atom. The number of hydrogen-bond donors (Lipinski definition) is 2. The zero-order chi connectivity index (χ0) is 25.9. The van der Waals surface area contributed by atoms with E-state index >= 15 is 0 Å². The second kappa shape index (κ2) is 8.29. The largest absolute Gasteiger partial charge is 0.380 e. The summed E-state index contributed by atoms with van der Waals surface area (Å²) in [6, 6.07) is 19.1. The number of nitrogens with two attached hydrogens (primary N) is 2. The standard InChI is InChI=1S/C26H22N6O4S/c1-15-19-12-13-31(17-8-6-16(7-9-17)20-4-2-3-5-23(20)37(28,34)35)26(33)24(19)32(29-15)18-10-11-22-21(14-18)25(27)30-36-22/h2-11,14H,12-13H2,1H3,(H2,27,30)(H2,28,34,35). The molecule has 0 bridgehead atoms. The summed E-state index contributed by atoms with van der Waals surface area (Å²) >= 11 is 0. The molecule has 0 saturated carbocycles. The first-order valence-electron chi connectivity index (χ1n) is 11.5. The van der Waals surface area contributed by atoms with E-state index < -0.39 is 10.0 Å². The van der Waals surface area contributed by atoms with Gasteiger partial charge in [-0.25, -0.2) is 18.2 Å². The summed E-state index contributed by atoms with van der Waals surface area (Å²) in [5.74, 6) is 0.0876. The van der Waals surface area contributed by atoms with E-state index in [-0.39, 0.29) is 16.6 Å². The molecule has 1 aliphatic heterocycles. The van der Waals surface area contributed by atoms with Crippen molar-refractivity contribution >= 4 is 38.4 Å². The molecule has 1 aliphatic rings. The molecule has 0 spiro atoms. The minimum atomic E-state index is -3.89. The maximum Gasteiger partial charge on any atom is 0.277 e. The molecule has 0 aliphatic carbocycles. The predicted molar refractivity (Wildman–Crippen MR) is 139 cm³/mol. The van der Waals surface area contributed by atoms with Gasteiger partial charge >= 0.3 is 0 Å². The molecule has 0 atom stereocenters. The summed E-state index contributed by atoms with van der Waals surface area (Å²) in [4.78, 5) is 15.5. The first-order valence-corrected chi connectivity index (χ1v) is 13.0. The molecular formula is C26H22N6O4S. The van der Waals surface area contributed by atoms with Crippen molar-refractivity contribution < 1.29 is 17.7 Å². The molecule has 4 N–H and O–H groups in total. The molecule has 186 valence electrons. The summed E-state index contributed by atoms with van der Waals surface area (Å²) < 4.78 is 30.9. The number of nitrogens with zero attached hydrogens (tertiary/aromatic N) is 4. The fraction of sp³-hybridized carbons (Fsp3) is 0.115. The number of amides is 1. The van der Waals surface area contributed by atoms with Crippen molar-refractivity contribution in [1.82, 2.24) is 14.9 Å². The summed E-state index contributed by atoms with van der Waals surface area (Å²) in [6.07, 6.45) is 0.639. The Labute approximate surface area is 212 Å². The lowest BCUT2D eigenvalue weighted by molar-refractivity contribution is 0.0973. The van der Waals surface area contributed by atoms with Crippen molar-refractivity contribution in [3.8, 4) is 16.8 Å². The molecule has 3 aromatic carbocycles. The highest BCUT2D eigenvalue weighted by atomic mass is 32.2. The van der Waals surface area contributed by atoms with Gasteiger partial charge in [-0.2, -0.15) is 5.10 Å². The van der Waals surface area contributed by atoms with Gasteiger partial charge in [0.2, 0.25) is 10.0 Å². The predicted octanol–water partition coefficient (Wildman–Crippen LogP) is 3.42. The number of fused-ring (bicyclic) bond motifs is 2. The third-order valence-electron chi connectivity index (χ3n) is 6.63. The van der Waals surface area contributed by atoms with Crippen LogP contribution >= 0.6 is 0 Å². The molecule has 0 unspecified atom stereocenters. The molecule has 5 aromatic rings. The number of carbonyl (C=O) groups is 1. The average molecular weight is 515 g/mol. The monoisotopic (exact) mass is 514 g/mol. The highest BCUT2D eigenvalue weighted by molar-refractivity contribution is 7.89. The highest BCUT2D eigenvalue weighted by Crippen LogP contribution is 2.32. The van der Waals surface area contributed by atoms with Crippen LogP contribution in [-0.2, 0) is 16.4 Å². The van der Waals surface area contributed by atoms with E-state index in [1.165, 1.54) is 6.07 Å². The van der Waals surface area contributed by atoms with Crippen LogP contribution in [0, 0.1) is 6.92 Å². The first kappa shape index (κ1) is 23.0. The second-order valence-corrected chi connectivity index (χ2v) is 10.4. The van der Waals surface area contributed by atoms with Crippen molar-refractivity contribution in [2.45, 2.75) is 18.2 Å². The molecule has 2 aromatic heterocycles. The molecule has 11 heteroatoms. The van der Waals surface area contributed by atoms with Crippen LogP contribution in [0.4, 0.5) is 11.5 Å². The van der Waals surface area contributed by atoms with Gasteiger partial charge in [0.15, 0.2) is 11.4 Å². The van der Waals surface area contributed by atoms with Crippen LogP contribution in [0.3, 0.4) is 0 Å². The van der Waals surface area contributed by atoms with E-state index in [2.05, 4.69) is 10.3 Å². The normalized spacial score (nSPS) is 13.8. The number of carbonyl (C=O) groups excluding carboxylic acids is 1. The van der Waals surface area contributed by atoms with Crippen LogP contribution in [0.5, 0.6) is 0 Å². The minimum absolute atomic E-state index is 0.0474. The van der Waals surface area contributed by atoms with Crippen molar-refractivity contribution in [3.05, 3.63) is 83.7 Å². The van der Waals surface area contributed by atoms with Gasteiger partial charge in [0, 0.05) is 23.4 Å². The Balaban J connectivity index is 1.37. The molecule has 6 rings (SSSR count). The van der Waals surface area contributed by atoms with Crippen LogP contribution in [0.2, 0.25) is 0 Å². The fourth-order valence-electron chi connectivity index (χ4n) is 4.82. The lowest BCUT2D eigenvalue weighted by Gasteiger charge is -2.28. The number of rotatable bonds is 4. The lowest BCUT2D eigenvalue weighted by Crippen LogP contribution is -2.38. The summed E-state index contributed by atoms with van der Waals surface area (Å²) in [5, 5.41) is 14.5. The van der Waals surface area contributed by atoms with Gasteiger partial charge < -0.3 is 15.2 Å². The number of primary sulfonamides is 1. The smallest absolute Gasteiger partial charge is 0.277 e. The second-order valence-electron chi connectivity index (χ2n) is 8.87. The van der Waals surface area contributed by atoms with E-state index in [1.54, 1.807) is 64.2 Å². The van der Waals surface area contributed by atoms with Gasteiger partial charge in [-0.1, -0.05) is 35.5 Å². The molecule has 1 amide bonds. The van der Waals surface area contributed by atoms with Crippen molar-refractivity contribution in [2.24, 2.45) is 5.14 Å². The minimum Gasteiger partial charge on any atom is -0.380 e. The van der Waals surface area contributed by atoms with E-state index in [0.717, 1.165) is 11.3 Å². The molecular weight excluding hydrogens is 492 g/mol. The van der Waals surface area contributed by atoms with E-state index in [9.17, 15) is 13.2 Å². The van der Waals surface area contributed by atoms with Gasteiger partial charge in [0.25, 0.3) is 5.91 Å². The van der Waals surface area contributed by atoms with Gasteiger partial charge in [0.05, 0.1) is 21.7 Å². The number of anilines is 2. The summed E-state index contributed by atoms with van der Waals surface area (Å²) in [7, 11) is -3.89. The van der Waals surface area contributed by atoms with Crippen LogP contribution in [0.15, 0.2) is 76.1 Å². The van der Waals surface area contributed by atoms with E-state index in [0.29, 0.717) is 52.1 Å². The Morgan fingerprint density at radius 3 is 2.49 bits per heavy atom. The zero-order valence-corrected chi connectivity index (χ0v) is 20.6. The van der Waals surface area contributed by atoms with Gasteiger partial charge in [-0.05, 0) is 55.3 Å². The van der Waals surface area contributed by atoms with E-state index in [1.807, 2.05) is 13.0 Å². The van der Waals surface area contributed by atoms with Gasteiger partial charge in [0.1, 0.15) is 5.69 Å². The van der Waals surface area contributed by atoms with Crippen LogP contribution in [0.25, 0.3) is 27.8 Å². The first-order chi connectivity index (χ1) is 17.7. The zero-order valence-electron chi connectivity index (χ0n) is 19.7. The topological polar surface area (TPSA) is 150 Å². The average Bonchev–Trinajstić information content (AvgIpc) is 3.43. The quantitative estimate of drug-likeness (QED) is 0.373. The van der Waals surface area contributed by atoms with Crippen molar-refractivity contribution in [1.29, 1.82) is 0 Å². The number of benzene rings is 3. The molecule has 37 heavy (non-hydrogen) atoms. The van der Waals surface area contributed by atoms with Gasteiger partial charge in [-0.3, -0.25) is 4.79 Å². The number of nitrogen functional groups attached to an aromatic ring is 1. The highest BCUT2D eigenvalue weighted by Gasteiger charge is 2.32. The lowest BCUT2D eigenvalue weighted by atomic mass is 10.0. The molecule has 0 fully saturated rings. The van der Waals surface area contributed by atoms with E-state index in [4.69, 9.17) is 15.4 Å². The van der Waals surface area contributed by atoms with Crippen LogP contribution in [-0.4, -0.2) is 35.8 Å². The molecule has 0 radical (unpaired) electrons. The van der Waals surface area contributed by atoms with Crippen molar-refractivity contribution in [3.63, 3.8) is 0 Å². The third-order valence-corrected chi connectivity index (χ3v) is 7.60. The number of sulfonamides is 1. The Morgan fingerprint density at radius 2 is 1.73 bits per heavy atom. The SMILES string of the molecule is Cc1nn(-c2ccc3onc(N)c3c2)c2c1CCN(c1ccc(-c3ccccc3S(N)(=O)=O)cc1)C2=O. The summed E-state index contributed by atoms with van der Waals surface area (Å²) in [5.41, 5.74) is 11.2. The van der Waals surface area contributed by atoms with Crippen LogP contribution in [0.1, 0.15) is 21.7 Å². The number of aromatic nitrogens is 3. The maximum absolute atomic E-state index is 13.8. The molecule has 3 heterocycles. The number of hydrogen-bond acceptors (Lipinski definition) is 7. The van der Waals surface area contributed by atoms with Gasteiger partial charge in [-0.15, -0.1) is 0 Å². The summed E-state index contributed by atoms with van der Waals surface area (Å²) in [6.45, 7) is 2.38. The molecule has 10 nitrogen and oxygen atoms in total. The third kappa shape index (κ3) is 3.76. The van der Waals surface area contributed by atoms with Crippen molar-refractivity contribution in [2.75, 3.05) is 17.2 Å². The number of aryl methyl sites for hydroxylation is 1. The Bertz CT molecular complexity index is 1800. The Hall–Kier alpha value is -4.48. The molecule has 0 saturated heterocycles. The van der Waals surface area contributed by atoms with Crippen LogP contribution < -0.4 is 15.8 Å². The Kier molecular flexibility index (Phi) is 5.14. The maximum atomic E-state index is 13.8. The fourth-order valence-corrected chi connectivity index (χ4v) is 5.58.